The van der Waals surface area contributed by atoms with E-state index < -0.39 is 12.2 Å². The molecule has 210 valence electrons. The number of amides is 4. The van der Waals surface area contributed by atoms with Gasteiger partial charge in [0.05, 0.1) is 20.2 Å². The van der Waals surface area contributed by atoms with Gasteiger partial charge in [0, 0.05) is 20.1 Å². The zero-order valence-corrected chi connectivity index (χ0v) is 23.9. The van der Waals surface area contributed by atoms with Crippen molar-refractivity contribution in [3.05, 3.63) is 65.7 Å². The Balaban J connectivity index is 1.47. The molecule has 0 spiro atoms. The Morgan fingerprint density at radius 1 is 1.05 bits per heavy atom. The fourth-order valence-corrected chi connectivity index (χ4v) is 5.75. The first-order chi connectivity index (χ1) is 18.9. The summed E-state index contributed by atoms with van der Waals surface area (Å²) in [6.45, 7) is 1.29. The number of hydrazine groups is 1. The molecule has 9 nitrogen and oxygen atoms in total. The van der Waals surface area contributed by atoms with Crippen LogP contribution in [-0.2, 0) is 22.6 Å². The average molecular weight is 554 g/mol. The number of methoxy groups -OCH3 is 1. The summed E-state index contributed by atoms with van der Waals surface area (Å²) in [6.07, 6.45) is 4.78. The molecule has 2 heterocycles. The number of piperazine rings is 1. The Morgan fingerprint density at radius 2 is 1.79 bits per heavy atom. The van der Waals surface area contributed by atoms with Crippen LogP contribution in [0.5, 0.6) is 5.75 Å². The number of carbonyl (C=O) groups excluding carboxylic acids is 3. The minimum atomic E-state index is -0.566. The Labute approximate surface area is 235 Å². The van der Waals surface area contributed by atoms with E-state index in [1.54, 1.807) is 40.8 Å². The minimum absolute atomic E-state index is 0.0171. The first kappa shape index (κ1) is 28.8. The van der Waals surface area contributed by atoms with E-state index in [9.17, 15) is 14.4 Å². The van der Waals surface area contributed by atoms with Gasteiger partial charge in [-0.05, 0) is 61.0 Å². The van der Waals surface area contributed by atoms with Gasteiger partial charge in [0.2, 0.25) is 11.8 Å². The van der Waals surface area contributed by atoms with Gasteiger partial charge in [0.15, 0.2) is 0 Å². The molecule has 4 rings (SSSR count). The van der Waals surface area contributed by atoms with Crippen LogP contribution in [0, 0.1) is 0 Å². The highest BCUT2D eigenvalue weighted by molar-refractivity contribution is 7.98. The lowest BCUT2D eigenvalue weighted by molar-refractivity contribution is -0.187. The molecule has 0 bridgehead atoms. The highest BCUT2D eigenvalue weighted by Gasteiger charge is 2.50. The van der Waals surface area contributed by atoms with Gasteiger partial charge >= 0.3 is 6.03 Å². The van der Waals surface area contributed by atoms with Crippen molar-refractivity contribution >= 4 is 29.6 Å². The molecule has 0 radical (unpaired) electrons. The van der Waals surface area contributed by atoms with E-state index in [2.05, 4.69) is 17.4 Å². The second-order valence-electron chi connectivity index (χ2n) is 9.97. The maximum atomic E-state index is 13.6. The zero-order chi connectivity index (χ0) is 27.8. The van der Waals surface area contributed by atoms with E-state index in [0.29, 0.717) is 26.1 Å². The van der Waals surface area contributed by atoms with Gasteiger partial charge in [-0.15, -0.1) is 0 Å². The molecule has 0 aliphatic carbocycles. The fraction of sp³-hybridized carbons (Fsp3) is 0.483. The van der Waals surface area contributed by atoms with Crippen molar-refractivity contribution in [2.75, 3.05) is 45.8 Å². The molecular formula is C29H39N5O4S. The highest BCUT2D eigenvalue weighted by Crippen LogP contribution is 2.28. The lowest BCUT2D eigenvalue weighted by Crippen LogP contribution is -2.76. The molecule has 2 saturated heterocycles. The third-order valence-electron chi connectivity index (χ3n) is 7.33. The molecule has 0 saturated carbocycles. The third-order valence-corrected chi connectivity index (χ3v) is 7.98. The van der Waals surface area contributed by atoms with Crippen molar-refractivity contribution in [3.8, 4) is 5.75 Å². The van der Waals surface area contributed by atoms with E-state index >= 15 is 0 Å². The number of likely N-dealkylation sites (N-methyl/N-ethyl adjacent to an activating group) is 1. The number of hydrogen-bond acceptors (Lipinski definition) is 6. The predicted molar refractivity (Wildman–Crippen MR) is 153 cm³/mol. The largest absolute Gasteiger partial charge is 0.497 e. The second-order valence-corrected chi connectivity index (χ2v) is 11.0. The van der Waals surface area contributed by atoms with Crippen LogP contribution >= 0.6 is 11.8 Å². The van der Waals surface area contributed by atoms with Gasteiger partial charge in [-0.2, -0.15) is 11.8 Å². The maximum Gasteiger partial charge on any atom is 0.334 e. The smallest absolute Gasteiger partial charge is 0.334 e. The van der Waals surface area contributed by atoms with Crippen molar-refractivity contribution < 1.29 is 19.1 Å². The number of carbonyl (C=O) groups is 3. The molecule has 2 aliphatic heterocycles. The number of thioether (sulfide) groups is 1. The number of aryl methyl sites for hydroxylation is 1. The number of unbranched alkanes of at least 4 members (excludes halogenated alkanes) is 1. The van der Waals surface area contributed by atoms with Crippen molar-refractivity contribution in [2.45, 2.75) is 44.4 Å². The number of nitrogens with zero attached hydrogens (tertiary/aromatic N) is 4. The van der Waals surface area contributed by atoms with Gasteiger partial charge in [0.1, 0.15) is 18.0 Å². The Bertz CT molecular complexity index is 1120. The zero-order valence-electron chi connectivity index (χ0n) is 23.0. The van der Waals surface area contributed by atoms with Crippen LogP contribution in [-0.4, -0.2) is 95.7 Å². The number of rotatable bonds is 11. The highest BCUT2D eigenvalue weighted by atomic mass is 32.2. The summed E-state index contributed by atoms with van der Waals surface area (Å²) in [5.74, 6) is 1.37. The molecule has 2 aliphatic rings. The third kappa shape index (κ3) is 7.05. The molecule has 1 N–H and O–H groups in total. The number of ether oxygens (including phenoxy) is 1. The van der Waals surface area contributed by atoms with Crippen molar-refractivity contribution in [3.63, 3.8) is 0 Å². The molecule has 2 fully saturated rings. The summed E-state index contributed by atoms with van der Waals surface area (Å²) in [4.78, 5) is 43.8. The first-order valence-corrected chi connectivity index (χ1v) is 14.9. The Kier molecular flexibility index (Phi) is 10.1. The van der Waals surface area contributed by atoms with E-state index in [1.807, 2.05) is 53.6 Å². The van der Waals surface area contributed by atoms with E-state index in [4.69, 9.17) is 4.74 Å². The number of hydrogen-bond donors (Lipinski definition) is 1. The molecule has 2 aromatic carbocycles. The molecule has 10 heteroatoms. The summed E-state index contributed by atoms with van der Waals surface area (Å²) in [6, 6.07) is 17.0. The van der Waals surface area contributed by atoms with E-state index in [1.165, 1.54) is 5.56 Å². The van der Waals surface area contributed by atoms with Crippen LogP contribution in [0.1, 0.15) is 30.4 Å². The Morgan fingerprint density at radius 3 is 2.49 bits per heavy atom. The molecule has 0 aromatic heterocycles. The van der Waals surface area contributed by atoms with Crippen LogP contribution in [0.2, 0.25) is 0 Å². The maximum absolute atomic E-state index is 13.6. The Hall–Kier alpha value is -3.24. The molecule has 2 aromatic rings. The van der Waals surface area contributed by atoms with Crippen LogP contribution in [0.4, 0.5) is 4.79 Å². The van der Waals surface area contributed by atoms with Gasteiger partial charge in [-0.1, -0.05) is 42.5 Å². The molecule has 4 amide bonds. The standard InChI is InChI=1S/C29H39N5O4S/c1-31-21-27(35)33-25(16-18-39-3)28(36)32(17-8-7-11-22-9-5-4-6-10-22)20-26(33)34(31)29(37)30-19-23-12-14-24(38-2)15-13-23/h4-6,9-10,12-15,25-26H,7-8,11,16-21H2,1-3H3,(H,30,37)/t25-,26-/m0/s1. The summed E-state index contributed by atoms with van der Waals surface area (Å²) in [5, 5.41) is 6.28. The lowest BCUT2D eigenvalue weighted by atomic mass is 10.0. The average Bonchev–Trinajstić information content (AvgIpc) is 2.95. The molecule has 2 atom stereocenters. The molecule has 39 heavy (non-hydrogen) atoms. The predicted octanol–water partition coefficient (Wildman–Crippen LogP) is 3.21. The second kappa shape index (κ2) is 13.7. The first-order valence-electron chi connectivity index (χ1n) is 13.5. The van der Waals surface area contributed by atoms with Crippen molar-refractivity contribution in [1.82, 2.24) is 25.1 Å². The minimum Gasteiger partial charge on any atom is -0.497 e. The molecular weight excluding hydrogens is 514 g/mol. The fourth-order valence-electron chi connectivity index (χ4n) is 5.29. The summed E-state index contributed by atoms with van der Waals surface area (Å²) < 4.78 is 5.21. The number of fused-ring (bicyclic) bond motifs is 1. The quantitative estimate of drug-likeness (QED) is 0.430. The van der Waals surface area contributed by atoms with Gasteiger partial charge in [0.25, 0.3) is 0 Å². The van der Waals surface area contributed by atoms with Crippen molar-refractivity contribution in [2.24, 2.45) is 0 Å². The monoisotopic (exact) mass is 553 g/mol. The van der Waals surface area contributed by atoms with E-state index in [0.717, 1.165) is 36.3 Å². The normalized spacial score (nSPS) is 19.7. The topological polar surface area (TPSA) is 85.4 Å². The van der Waals surface area contributed by atoms with Crippen LogP contribution < -0.4 is 10.1 Å². The number of nitrogens with one attached hydrogen (secondary N) is 1. The van der Waals surface area contributed by atoms with Gasteiger partial charge in [-0.3, -0.25) is 9.59 Å². The van der Waals surface area contributed by atoms with Crippen LogP contribution in [0.15, 0.2) is 54.6 Å². The lowest BCUT2D eigenvalue weighted by Gasteiger charge is -2.54. The van der Waals surface area contributed by atoms with Crippen LogP contribution in [0.25, 0.3) is 0 Å². The SMILES string of the molecule is COc1ccc(CNC(=O)N2[C@H]3CN(CCCCc4ccccc4)C(=O)[C@H](CCSC)N3C(=O)CN2C)cc1. The summed E-state index contributed by atoms with van der Waals surface area (Å²) in [5.41, 5.74) is 2.22. The molecule has 0 unspecified atom stereocenters. The number of benzene rings is 2. The van der Waals surface area contributed by atoms with Crippen LogP contribution in [0.3, 0.4) is 0 Å². The van der Waals surface area contributed by atoms with E-state index in [-0.39, 0.29) is 24.4 Å². The van der Waals surface area contributed by atoms with Gasteiger partial charge < -0.3 is 19.9 Å². The van der Waals surface area contributed by atoms with Crippen molar-refractivity contribution in [1.29, 1.82) is 0 Å². The summed E-state index contributed by atoms with van der Waals surface area (Å²) in [7, 11) is 3.36. The van der Waals surface area contributed by atoms with Gasteiger partial charge in [-0.25, -0.2) is 14.8 Å². The summed E-state index contributed by atoms with van der Waals surface area (Å²) >= 11 is 1.65. The number of urea groups is 1.